The van der Waals surface area contributed by atoms with Crippen molar-refractivity contribution in [1.82, 2.24) is 9.78 Å². The molecule has 82 valence electrons. The number of hydrogen-bond donors (Lipinski definition) is 1. The van der Waals surface area contributed by atoms with Crippen LogP contribution in [-0.2, 0) is 11.8 Å². The summed E-state index contributed by atoms with van der Waals surface area (Å²) in [7, 11) is 1.88. The molecule has 1 aromatic heterocycles. The third-order valence-electron chi connectivity index (χ3n) is 2.90. The van der Waals surface area contributed by atoms with Crippen LogP contribution in [0.1, 0.15) is 17.8 Å². The third kappa shape index (κ3) is 1.52. The minimum absolute atomic E-state index is 0.0449. The van der Waals surface area contributed by atoms with Crippen LogP contribution < -0.4 is 10.6 Å². The summed E-state index contributed by atoms with van der Waals surface area (Å²) in [5.41, 5.74) is 8.59. The van der Waals surface area contributed by atoms with Crippen LogP contribution in [0.5, 0.6) is 0 Å². The molecule has 0 bridgehead atoms. The van der Waals surface area contributed by atoms with Crippen molar-refractivity contribution < 1.29 is 4.79 Å². The quantitative estimate of drug-likeness (QED) is 0.712. The minimum atomic E-state index is -0.0449. The second-order valence-corrected chi connectivity index (χ2v) is 4.11. The average Bonchev–Trinajstić information content (AvgIpc) is 2.56. The van der Waals surface area contributed by atoms with E-state index in [1.165, 1.54) is 0 Å². The highest BCUT2D eigenvalue weighted by Crippen LogP contribution is 2.27. The van der Waals surface area contributed by atoms with Crippen molar-refractivity contribution in [3.63, 3.8) is 0 Å². The van der Waals surface area contributed by atoms with Gasteiger partial charge in [0.15, 0.2) is 0 Å². The molecule has 1 amide bonds. The van der Waals surface area contributed by atoms with Crippen LogP contribution in [0.25, 0.3) is 0 Å². The first-order chi connectivity index (χ1) is 7.00. The first kappa shape index (κ1) is 10.2. The van der Waals surface area contributed by atoms with E-state index in [1.807, 2.05) is 20.9 Å². The Balaban J connectivity index is 2.41. The normalized spacial score (nSPS) is 21.5. The number of carbonyl (C=O) groups is 1. The molecule has 2 N–H and O–H groups in total. The van der Waals surface area contributed by atoms with Crippen molar-refractivity contribution in [3.8, 4) is 0 Å². The number of aryl methyl sites for hydroxylation is 2. The second kappa shape index (κ2) is 3.34. The molecule has 0 radical (unpaired) electrons. The Morgan fingerprint density at radius 2 is 2.13 bits per heavy atom. The fourth-order valence-corrected chi connectivity index (χ4v) is 2.10. The van der Waals surface area contributed by atoms with Gasteiger partial charge in [-0.1, -0.05) is 0 Å². The molecular formula is C10H16N4O. The van der Waals surface area contributed by atoms with Crippen molar-refractivity contribution in [3.05, 3.63) is 11.4 Å². The second-order valence-electron chi connectivity index (χ2n) is 4.11. The third-order valence-corrected chi connectivity index (χ3v) is 2.90. The van der Waals surface area contributed by atoms with Crippen molar-refractivity contribution in [2.75, 3.05) is 11.4 Å². The van der Waals surface area contributed by atoms with Gasteiger partial charge in [-0.3, -0.25) is 9.48 Å². The molecule has 5 heteroatoms. The number of hydrogen-bond acceptors (Lipinski definition) is 3. The van der Waals surface area contributed by atoms with Gasteiger partial charge in [0.05, 0.1) is 17.1 Å². The smallest absolute Gasteiger partial charge is 0.228 e. The van der Waals surface area contributed by atoms with E-state index in [2.05, 4.69) is 5.10 Å². The van der Waals surface area contributed by atoms with Crippen LogP contribution in [0, 0.1) is 13.8 Å². The Bertz CT molecular complexity index is 410. The average molecular weight is 208 g/mol. The van der Waals surface area contributed by atoms with Gasteiger partial charge < -0.3 is 10.6 Å². The number of amides is 1. The van der Waals surface area contributed by atoms with Gasteiger partial charge in [0, 0.05) is 26.1 Å². The van der Waals surface area contributed by atoms with Gasteiger partial charge in [0.1, 0.15) is 0 Å². The molecule has 0 aromatic carbocycles. The van der Waals surface area contributed by atoms with Crippen LogP contribution >= 0.6 is 0 Å². The van der Waals surface area contributed by atoms with E-state index in [0.717, 1.165) is 17.1 Å². The van der Waals surface area contributed by atoms with E-state index in [1.54, 1.807) is 9.58 Å². The van der Waals surface area contributed by atoms with Crippen LogP contribution in [0.15, 0.2) is 0 Å². The molecule has 0 aliphatic carbocycles. The lowest BCUT2D eigenvalue weighted by Crippen LogP contribution is -2.28. The lowest BCUT2D eigenvalue weighted by atomic mass is 10.3. The summed E-state index contributed by atoms with van der Waals surface area (Å²) in [4.78, 5) is 13.5. The number of anilines is 1. The van der Waals surface area contributed by atoms with Crippen molar-refractivity contribution >= 4 is 11.6 Å². The molecule has 2 heterocycles. The molecule has 2 rings (SSSR count). The fourth-order valence-electron chi connectivity index (χ4n) is 2.10. The Kier molecular flexibility index (Phi) is 2.26. The Labute approximate surface area is 88.8 Å². The maximum Gasteiger partial charge on any atom is 0.228 e. The van der Waals surface area contributed by atoms with E-state index < -0.39 is 0 Å². The molecule has 1 fully saturated rings. The summed E-state index contributed by atoms with van der Waals surface area (Å²) in [6, 6.07) is -0.0449. The lowest BCUT2D eigenvalue weighted by molar-refractivity contribution is -0.117. The molecule has 1 aromatic rings. The minimum Gasteiger partial charge on any atom is -0.326 e. The van der Waals surface area contributed by atoms with Gasteiger partial charge in [-0.15, -0.1) is 0 Å². The largest absolute Gasteiger partial charge is 0.326 e. The highest BCUT2D eigenvalue weighted by molar-refractivity contribution is 5.97. The molecular weight excluding hydrogens is 192 g/mol. The molecule has 1 saturated heterocycles. The van der Waals surface area contributed by atoms with Crippen LogP contribution in [0.3, 0.4) is 0 Å². The number of carbonyl (C=O) groups excluding carboxylic acids is 1. The SMILES string of the molecule is Cc1nn(C)c(C)c1N1CC(N)CC1=O. The zero-order valence-corrected chi connectivity index (χ0v) is 9.32. The maximum absolute atomic E-state index is 11.7. The van der Waals surface area contributed by atoms with Gasteiger partial charge in [-0.2, -0.15) is 5.10 Å². The first-order valence-electron chi connectivity index (χ1n) is 5.07. The van der Waals surface area contributed by atoms with E-state index >= 15 is 0 Å². The van der Waals surface area contributed by atoms with Crippen molar-refractivity contribution in [2.24, 2.45) is 12.8 Å². The fraction of sp³-hybridized carbons (Fsp3) is 0.600. The highest BCUT2D eigenvalue weighted by atomic mass is 16.2. The van der Waals surface area contributed by atoms with E-state index in [4.69, 9.17) is 5.73 Å². The monoisotopic (exact) mass is 208 g/mol. The summed E-state index contributed by atoms with van der Waals surface area (Å²) in [5.74, 6) is 0.0988. The topological polar surface area (TPSA) is 64.2 Å². The number of nitrogens with zero attached hydrogens (tertiary/aromatic N) is 3. The summed E-state index contributed by atoms with van der Waals surface area (Å²) >= 11 is 0. The Morgan fingerprint density at radius 3 is 2.53 bits per heavy atom. The summed E-state index contributed by atoms with van der Waals surface area (Å²) in [5, 5.41) is 4.30. The molecule has 1 aliphatic heterocycles. The number of nitrogens with two attached hydrogens (primary N) is 1. The summed E-state index contributed by atoms with van der Waals surface area (Å²) in [6.07, 6.45) is 0.438. The predicted octanol–water partition coefficient (Wildman–Crippen LogP) is 0.101. The first-order valence-corrected chi connectivity index (χ1v) is 5.07. The van der Waals surface area contributed by atoms with Crippen LogP contribution in [-0.4, -0.2) is 28.3 Å². The Hall–Kier alpha value is -1.36. The number of aromatic nitrogens is 2. The summed E-state index contributed by atoms with van der Waals surface area (Å²) < 4.78 is 1.79. The van der Waals surface area contributed by atoms with Gasteiger partial charge in [-0.05, 0) is 13.8 Å². The zero-order valence-electron chi connectivity index (χ0n) is 9.32. The number of rotatable bonds is 1. The van der Waals surface area contributed by atoms with Gasteiger partial charge >= 0.3 is 0 Å². The predicted molar refractivity (Wildman–Crippen MR) is 57.6 cm³/mol. The van der Waals surface area contributed by atoms with Crippen LogP contribution in [0.2, 0.25) is 0 Å². The zero-order chi connectivity index (χ0) is 11.2. The molecule has 0 spiro atoms. The molecule has 1 aliphatic rings. The summed E-state index contributed by atoms with van der Waals surface area (Å²) in [6.45, 7) is 4.48. The highest BCUT2D eigenvalue weighted by Gasteiger charge is 2.31. The van der Waals surface area contributed by atoms with Crippen molar-refractivity contribution in [1.29, 1.82) is 0 Å². The molecule has 1 atom stereocenters. The van der Waals surface area contributed by atoms with Crippen LogP contribution in [0.4, 0.5) is 5.69 Å². The standard InChI is InChI=1S/C10H16N4O/c1-6-10(7(2)13(3)12-6)14-5-8(11)4-9(14)15/h8H,4-5,11H2,1-3H3. The van der Waals surface area contributed by atoms with Gasteiger partial charge in [0.25, 0.3) is 0 Å². The van der Waals surface area contributed by atoms with Gasteiger partial charge in [-0.25, -0.2) is 0 Å². The Morgan fingerprint density at radius 1 is 1.47 bits per heavy atom. The molecule has 5 nitrogen and oxygen atoms in total. The van der Waals surface area contributed by atoms with Crippen molar-refractivity contribution in [2.45, 2.75) is 26.3 Å². The molecule has 1 unspecified atom stereocenters. The molecule has 15 heavy (non-hydrogen) atoms. The van der Waals surface area contributed by atoms with E-state index in [9.17, 15) is 4.79 Å². The lowest BCUT2D eigenvalue weighted by Gasteiger charge is -2.16. The van der Waals surface area contributed by atoms with E-state index in [-0.39, 0.29) is 11.9 Å². The molecule has 0 saturated carbocycles. The van der Waals surface area contributed by atoms with Gasteiger partial charge in [0.2, 0.25) is 5.91 Å². The maximum atomic E-state index is 11.7. The van der Waals surface area contributed by atoms with E-state index in [0.29, 0.717) is 13.0 Å².